The van der Waals surface area contributed by atoms with Crippen molar-refractivity contribution in [1.82, 2.24) is 4.57 Å². The number of hydrogen-bond acceptors (Lipinski definition) is 2. The monoisotopic (exact) mass is 275 g/mol. The summed E-state index contributed by atoms with van der Waals surface area (Å²) in [6.07, 6.45) is 13.8. The van der Waals surface area contributed by atoms with Gasteiger partial charge in [-0.15, -0.1) is 6.01 Å². The number of nitriles is 1. The Bertz CT molecular complexity index is 449. The maximum atomic E-state index is 7.43. The molecule has 0 saturated carbocycles. The van der Waals surface area contributed by atoms with Gasteiger partial charge in [-0.3, -0.25) is 0 Å². The zero-order valence-corrected chi connectivity index (χ0v) is 12.8. The van der Waals surface area contributed by atoms with Gasteiger partial charge in [-0.25, -0.2) is 9.13 Å². The van der Waals surface area contributed by atoms with Crippen molar-refractivity contribution in [2.75, 3.05) is 0 Å². The SMILES string of the molecule is CCCCCCCCn1cc[n+](C)c1C.N#CN=C=[N-]. The molecule has 0 radical (unpaired) electrons. The largest absolute Gasteiger partial charge is 0.422 e. The van der Waals surface area contributed by atoms with Crippen LogP contribution in [0.1, 0.15) is 51.3 Å². The zero-order valence-electron chi connectivity index (χ0n) is 12.8. The molecule has 20 heavy (non-hydrogen) atoms. The van der Waals surface area contributed by atoms with Crippen LogP contribution in [0.2, 0.25) is 0 Å². The van der Waals surface area contributed by atoms with Crippen LogP contribution in [0.3, 0.4) is 0 Å². The predicted molar refractivity (Wildman–Crippen MR) is 80.1 cm³/mol. The third-order valence-electron chi connectivity index (χ3n) is 3.25. The summed E-state index contributed by atoms with van der Waals surface area (Å²) in [7, 11) is 2.10. The molecular weight excluding hydrogens is 250 g/mol. The molecule has 5 nitrogen and oxygen atoms in total. The van der Waals surface area contributed by atoms with Crippen molar-refractivity contribution in [1.29, 1.82) is 5.26 Å². The number of aryl methyl sites for hydroxylation is 2. The van der Waals surface area contributed by atoms with Gasteiger partial charge in [0.15, 0.2) is 0 Å². The van der Waals surface area contributed by atoms with Crippen molar-refractivity contribution in [3.63, 3.8) is 0 Å². The molecule has 1 aromatic rings. The molecule has 0 unspecified atom stereocenters. The third kappa shape index (κ3) is 8.23. The Morgan fingerprint density at radius 1 is 1.30 bits per heavy atom. The number of aliphatic imine (C=N–C) groups is 1. The number of rotatable bonds is 7. The summed E-state index contributed by atoms with van der Waals surface area (Å²) in [4.78, 5) is 2.58. The van der Waals surface area contributed by atoms with Crippen LogP contribution in [0.25, 0.3) is 5.41 Å². The van der Waals surface area contributed by atoms with E-state index in [9.17, 15) is 0 Å². The smallest absolute Gasteiger partial charge is 0.253 e. The molecule has 1 aromatic heterocycles. The Balaban J connectivity index is 0.000000621. The van der Waals surface area contributed by atoms with Crippen molar-refractivity contribution in [2.24, 2.45) is 12.0 Å². The molecule has 0 bridgehead atoms. The lowest BCUT2D eigenvalue weighted by Crippen LogP contribution is -2.29. The molecule has 0 aliphatic heterocycles. The highest BCUT2D eigenvalue weighted by Crippen LogP contribution is 2.06. The predicted octanol–water partition coefficient (Wildman–Crippen LogP) is 3.19. The molecule has 1 heterocycles. The first-order chi connectivity index (χ1) is 9.67. The van der Waals surface area contributed by atoms with Gasteiger partial charge in [-0.05, 0) is 12.8 Å². The third-order valence-corrected chi connectivity index (χ3v) is 3.25. The standard InChI is InChI=1S/C13H25N2.C2N3/c1-4-5-6-7-8-9-10-15-12-11-14(3)13(15)2;3-1-5-2-4/h11-12H,4-10H2,1-3H3;/q+1;-1. The summed E-state index contributed by atoms with van der Waals surface area (Å²) in [6, 6.07) is 1.28. The fraction of sp³-hybridized carbons (Fsp3) is 0.667. The molecule has 1 rings (SSSR count). The number of hydrogen-bond donors (Lipinski definition) is 0. The van der Waals surface area contributed by atoms with E-state index in [-0.39, 0.29) is 0 Å². The molecular formula is C15H25N5. The van der Waals surface area contributed by atoms with E-state index in [1.54, 1.807) is 0 Å². The number of unbranched alkanes of at least 4 members (excludes halogenated alkanes) is 5. The maximum Gasteiger partial charge on any atom is 0.253 e. The van der Waals surface area contributed by atoms with E-state index in [4.69, 9.17) is 10.7 Å². The molecule has 0 spiro atoms. The molecule has 0 amide bonds. The highest BCUT2D eigenvalue weighted by molar-refractivity contribution is 5.46. The Kier molecular flexibility index (Phi) is 11.0. The number of nitrogens with zero attached hydrogens (tertiary/aromatic N) is 5. The summed E-state index contributed by atoms with van der Waals surface area (Å²) in [6.45, 7) is 5.62. The van der Waals surface area contributed by atoms with Crippen LogP contribution >= 0.6 is 0 Å². The van der Waals surface area contributed by atoms with Crippen molar-refractivity contribution < 1.29 is 4.57 Å². The molecule has 0 saturated heterocycles. The molecule has 0 fully saturated rings. The molecule has 0 atom stereocenters. The van der Waals surface area contributed by atoms with Gasteiger partial charge < -0.3 is 10.4 Å². The van der Waals surface area contributed by atoms with Gasteiger partial charge in [-0.1, -0.05) is 32.6 Å². The van der Waals surface area contributed by atoms with E-state index in [0.29, 0.717) is 0 Å². The second kappa shape index (κ2) is 12.1. The van der Waals surface area contributed by atoms with Crippen LogP contribution in [-0.2, 0) is 13.6 Å². The van der Waals surface area contributed by atoms with Crippen molar-refractivity contribution >= 4 is 6.01 Å². The first-order valence-corrected chi connectivity index (χ1v) is 7.16. The lowest BCUT2D eigenvalue weighted by molar-refractivity contribution is -0.677. The molecule has 0 aromatic carbocycles. The van der Waals surface area contributed by atoms with E-state index in [1.165, 1.54) is 63.1 Å². The van der Waals surface area contributed by atoms with Gasteiger partial charge in [0.1, 0.15) is 12.4 Å². The second-order valence-corrected chi connectivity index (χ2v) is 4.73. The fourth-order valence-corrected chi connectivity index (χ4v) is 1.92. The summed E-state index contributed by atoms with van der Waals surface area (Å²) in [5.74, 6) is 1.35. The topological polar surface area (TPSA) is 67.3 Å². The van der Waals surface area contributed by atoms with Crippen LogP contribution in [0.15, 0.2) is 17.4 Å². The van der Waals surface area contributed by atoms with Crippen LogP contribution in [0.4, 0.5) is 0 Å². The molecule has 0 aliphatic carbocycles. The van der Waals surface area contributed by atoms with Crippen molar-refractivity contribution in [2.45, 2.75) is 58.9 Å². The average Bonchev–Trinajstić information content (AvgIpc) is 2.76. The minimum Gasteiger partial charge on any atom is -0.422 e. The summed E-state index contributed by atoms with van der Waals surface area (Å²) in [5, 5.41) is 14.9. The van der Waals surface area contributed by atoms with Crippen LogP contribution < -0.4 is 4.57 Å². The summed E-state index contributed by atoms with van der Waals surface area (Å²) in [5.41, 5.74) is 0. The molecule has 0 N–H and O–H groups in total. The van der Waals surface area contributed by atoms with E-state index in [0.717, 1.165) is 0 Å². The normalized spacial score (nSPS) is 9.10. The lowest BCUT2D eigenvalue weighted by atomic mass is 10.1. The first kappa shape index (κ1) is 18.1. The number of aromatic nitrogens is 2. The van der Waals surface area contributed by atoms with Crippen LogP contribution in [-0.4, -0.2) is 10.6 Å². The van der Waals surface area contributed by atoms with Gasteiger partial charge in [0, 0.05) is 6.92 Å². The van der Waals surface area contributed by atoms with Gasteiger partial charge >= 0.3 is 0 Å². The van der Waals surface area contributed by atoms with Gasteiger partial charge in [0.25, 0.3) is 5.82 Å². The van der Waals surface area contributed by atoms with Crippen LogP contribution in [0, 0.1) is 18.4 Å². The number of imidazole rings is 1. The quantitative estimate of drug-likeness (QED) is 0.326. The Morgan fingerprint density at radius 2 is 1.95 bits per heavy atom. The van der Waals surface area contributed by atoms with Crippen molar-refractivity contribution in [3.8, 4) is 6.19 Å². The maximum absolute atomic E-state index is 7.43. The highest BCUT2D eigenvalue weighted by atomic mass is 15.1. The summed E-state index contributed by atoms with van der Waals surface area (Å²) >= 11 is 0. The minimum absolute atomic E-state index is 1.18. The van der Waals surface area contributed by atoms with E-state index in [1.807, 2.05) is 0 Å². The lowest BCUT2D eigenvalue weighted by Gasteiger charge is -2.00. The second-order valence-electron chi connectivity index (χ2n) is 4.73. The Labute approximate surface area is 122 Å². The molecule has 5 heteroatoms. The first-order valence-electron chi connectivity index (χ1n) is 7.16. The van der Waals surface area contributed by atoms with Crippen molar-refractivity contribution in [3.05, 3.63) is 23.6 Å². The molecule has 0 aliphatic rings. The minimum atomic E-state index is 1.18. The highest BCUT2D eigenvalue weighted by Gasteiger charge is 2.07. The van der Waals surface area contributed by atoms with Gasteiger partial charge in [0.2, 0.25) is 0 Å². The van der Waals surface area contributed by atoms with E-state index >= 15 is 0 Å². The van der Waals surface area contributed by atoms with E-state index < -0.39 is 0 Å². The van der Waals surface area contributed by atoms with Gasteiger partial charge in [-0.2, -0.15) is 5.26 Å². The van der Waals surface area contributed by atoms with Gasteiger partial charge in [0.05, 0.1) is 19.8 Å². The molecule has 110 valence electrons. The Morgan fingerprint density at radius 3 is 2.40 bits per heavy atom. The van der Waals surface area contributed by atoms with Crippen LogP contribution in [0.5, 0.6) is 0 Å². The fourth-order valence-electron chi connectivity index (χ4n) is 1.92. The zero-order chi connectivity index (χ0) is 15.2. The average molecular weight is 275 g/mol. The Hall–Kier alpha value is -1.92. The van der Waals surface area contributed by atoms with E-state index in [2.05, 4.69) is 47.4 Å². The summed E-state index contributed by atoms with van der Waals surface area (Å²) < 4.78 is 4.52.